The molecular formula is C13H19ClN2O4S. The molecule has 1 atom stereocenters. The molecule has 0 amide bonds. The zero-order chi connectivity index (χ0) is 15.3. The van der Waals surface area contributed by atoms with Crippen LogP contribution in [0.4, 0.5) is 5.69 Å². The number of aliphatic hydroxyl groups excluding tert-OH is 1. The van der Waals surface area contributed by atoms with Gasteiger partial charge >= 0.3 is 0 Å². The van der Waals surface area contributed by atoms with Gasteiger partial charge in [0.05, 0.1) is 30.9 Å². The van der Waals surface area contributed by atoms with Crippen LogP contribution in [0.5, 0.6) is 0 Å². The fourth-order valence-electron chi connectivity index (χ4n) is 2.05. The van der Waals surface area contributed by atoms with E-state index in [9.17, 15) is 13.5 Å². The maximum atomic E-state index is 12.7. The largest absolute Gasteiger partial charge is 0.390 e. The Balaban J connectivity index is 2.21. The van der Waals surface area contributed by atoms with Crippen LogP contribution in [-0.2, 0) is 14.8 Å². The lowest BCUT2D eigenvalue weighted by Crippen LogP contribution is -2.40. The minimum Gasteiger partial charge on any atom is -0.390 e. The molecule has 0 aliphatic carbocycles. The number of hydrogen-bond donors (Lipinski definition) is 2. The molecule has 1 aliphatic rings. The summed E-state index contributed by atoms with van der Waals surface area (Å²) in [6.45, 7) is 1.70. The number of rotatable bonds is 6. The average Bonchev–Trinajstić information content (AvgIpc) is 2.53. The third-order valence-electron chi connectivity index (χ3n) is 3.18. The third kappa shape index (κ3) is 4.08. The summed E-state index contributed by atoms with van der Waals surface area (Å²) in [7, 11) is -3.57. The van der Waals surface area contributed by atoms with Gasteiger partial charge in [-0.1, -0.05) is 12.1 Å². The van der Waals surface area contributed by atoms with Gasteiger partial charge in [0.1, 0.15) is 4.90 Å². The number of sulfonamides is 1. The first-order chi connectivity index (χ1) is 10.1. The molecule has 1 heterocycles. The number of alkyl halides is 1. The van der Waals surface area contributed by atoms with E-state index >= 15 is 0 Å². The van der Waals surface area contributed by atoms with Crippen LogP contribution in [-0.4, -0.2) is 62.7 Å². The number of hydrogen-bond acceptors (Lipinski definition) is 5. The van der Waals surface area contributed by atoms with Gasteiger partial charge in [-0.3, -0.25) is 0 Å². The fourth-order valence-corrected chi connectivity index (χ4v) is 3.73. The molecule has 8 heteroatoms. The predicted molar refractivity (Wildman–Crippen MR) is 81.2 cm³/mol. The zero-order valence-corrected chi connectivity index (χ0v) is 13.1. The molecule has 6 nitrogen and oxygen atoms in total. The first kappa shape index (κ1) is 16.5. The predicted octanol–water partition coefficient (Wildman–Crippen LogP) is 0.719. The highest BCUT2D eigenvalue weighted by Gasteiger charge is 2.28. The Labute approximate surface area is 129 Å². The molecule has 1 aromatic rings. The maximum absolute atomic E-state index is 12.7. The number of anilines is 1. The van der Waals surface area contributed by atoms with E-state index in [0.29, 0.717) is 32.0 Å². The Kier molecular flexibility index (Phi) is 5.83. The van der Waals surface area contributed by atoms with Crippen LogP contribution in [0, 0.1) is 0 Å². The molecule has 1 saturated heterocycles. The van der Waals surface area contributed by atoms with Gasteiger partial charge in [0.25, 0.3) is 0 Å². The second-order valence-electron chi connectivity index (χ2n) is 4.70. The molecule has 0 spiro atoms. The first-order valence-electron chi connectivity index (χ1n) is 6.70. The summed E-state index contributed by atoms with van der Waals surface area (Å²) in [6.07, 6.45) is -0.731. The van der Waals surface area contributed by atoms with E-state index in [-0.39, 0.29) is 17.3 Å². The molecule has 0 radical (unpaired) electrons. The van der Waals surface area contributed by atoms with E-state index in [1.54, 1.807) is 24.3 Å². The number of halogens is 1. The summed E-state index contributed by atoms with van der Waals surface area (Å²) in [5.41, 5.74) is 0.466. The Morgan fingerprint density at radius 3 is 2.67 bits per heavy atom. The molecule has 0 saturated carbocycles. The van der Waals surface area contributed by atoms with E-state index in [4.69, 9.17) is 16.3 Å². The van der Waals surface area contributed by atoms with Gasteiger partial charge in [0.2, 0.25) is 10.0 Å². The van der Waals surface area contributed by atoms with Crippen LogP contribution in [0.15, 0.2) is 29.2 Å². The summed E-state index contributed by atoms with van der Waals surface area (Å²) >= 11 is 5.54. The van der Waals surface area contributed by atoms with Crippen LogP contribution >= 0.6 is 11.6 Å². The Hall–Kier alpha value is -0.860. The SMILES string of the molecule is O=S(=O)(c1ccccc1NCC(O)CCl)N1CCOCC1. The summed E-state index contributed by atoms with van der Waals surface area (Å²) in [6, 6.07) is 6.65. The van der Waals surface area contributed by atoms with Crippen molar-refractivity contribution in [3.05, 3.63) is 24.3 Å². The van der Waals surface area contributed by atoms with Crippen LogP contribution in [0.3, 0.4) is 0 Å². The van der Waals surface area contributed by atoms with E-state index < -0.39 is 16.1 Å². The minimum absolute atomic E-state index is 0.0887. The lowest BCUT2D eigenvalue weighted by atomic mass is 10.3. The highest BCUT2D eigenvalue weighted by atomic mass is 35.5. The molecule has 1 unspecified atom stereocenters. The van der Waals surface area contributed by atoms with Crippen LogP contribution in [0.1, 0.15) is 0 Å². The quantitative estimate of drug-likeness (QED) is 0.749. The van der Waals surface area contributed by atoms with Crippen molar-refractivity contribution in [1.29, 1.82) is 0 Å². The lowest BCUT2D eigenvalue weighted by molar-refractivity contribution is 0.0730. The molecule has 2 N–H and O–H groups in total. The molecule has 1 aromatic carbocycles. The minimum atomic E-state index is -3.57. The van der Waals surface area contributed by atoms with E-state index in [2.05, 4.69) is 5.32 Å². The number of morpholine rings is 1. The van der Waals surface area contributed by atoms with Gasteiger partial charge in [-0.2, -0.15) is 4.31 Å². The molecular weight excluding hydrogens is 316 g/mol. The van der Waals surface area contributed by atoms with Gasteiger partial charge in [0, 0.05) is 19.6 Å². The molecule has 1 fully saturated rings. The standard InChI is InChI=1S/C13H19ClN2O4S/c14-9-11(17)10-15-12-3-1-2-4-13(12)21(18,19)16-5-7-20-8-6-16/h1-4,11,15,17H,5-10H2. The summed E-state index contributed by atoms with van der Waals surface area (Å²) in [5, 5.41) is 12.4. The molecule has 21 heavy (non-hydrogen) atoms. The van der Waals surface area contributed by atoms with Crippen molar-refractivity contribution in [2.24, 2.45) is 0 Å². The maximum Gasteiger partial charge on any atom is 0.245 e. The van der Waals surface area contributed by atoms with Crippen molar-refractivity contribution in [3.63, 3.8) is 0 Å². The number of benzene rings is 1. The number of nitrogens with zero attached hydrogens (tertiary/aromatic N) is 1. The fraction of sp³-hybridized carbons (Fsp3) is 0.538. The number of para-hydroxylation sites is 1. The van der Waals surface area contributed by atoms with Gasteiger partial charge < -0.3 is 15.2 Å². The smallest absolute Gasteiger partial charge is 0.245 e. The lowest BCUT2D eigenvalue weighted by Gasteiger charge is -2.27. The van der Waals surface area contributed by atoms with E-state index in [0.717, 1.165) is 0 Å². The molecule has 0 bridgehead atoms. The zero-order valence-electron chi connectivity index (χ0n) is 11.5. The van der Waals surface area contributed by atoms with Gasteiger partial charge in [-0.25, -0.2) is 8.42 Å². The Bertz CT molecular complexity index is 561. The van der Waals surface area contributed by atoms with Crippen molar-refractivity contribution < 1.29 is 18.3 Å². The number of nitrogens with one attached hydrogen (secondary N) is 1. The number of ether oxygens (including phenoxy) is 1. The topological polar surface area (TPSA) is 78.9 Å². The van der Waals surface area contributed by atoms with Crippen molar-refractivity contribution in [1.82, 2.24) is 4.31 Å². The van der Waals surface area contributed by atoms with Gasteiger partial charge in [0.15, 0.2) is 0 Å². The molecule has 1 aliphatic heterocycles. The van der Waals surface area contributed by atoms with E-state index in [1.807, 2.05) is 0 Å². The van der Waals surface area contributed by atoms with Gasteiger partial charge in [-0.05, 0) is 12.1 Å². The van der Waals surface area contributed by atoms with Crippen molar-refractivity contribution in [3.8, 4) is 0 Å². The number of aliphatic hydroxyl groups is 1. The molecule has 2 rings (SSSR count). The average molecular weight is 335 g/mol. The normalized spacial score (nSPS) is 18.4. The summed E-state index contributed by atoms with van der Waals surface area (Å²) in [4.78, 5) is 0.202. The van der Waals surface area contributed by atoms with Crippen LogP contribution in [0.2, 0.25) is 0 Å². The van der Waals surface area contributed by atoms with Crippen LogP contribution < -0.4 is 5.32 Å². The van der Waals surface area contributed by atoms with Gasteiger partial charge in [-0.15, -0.1) is 11.6 Å². The summed E-state index contributed by atoms with van der Waals surface area (Å²) in [5.74, 6) is 0.0887. The molecule has 0 aromatic heterocycles. The third-order valence-corrected chi connectivity index (χ3v) is 5.49. The summed E-state index contributed by atoms with van der Waals surface area (Å²) < 4.78 is 31.9. The van der Waals surface area contributed by atoms with Crippen molar-refractivity contribution >= 4 is 27.3 Å². The van der Waals surface area contributed by atoms with Crippen molar-refractivity contribution in [2.75, 3.05) is 44.0 Å². The first-order valence-corrected chi connectivity index (χ1v) is 8.68. The molecule has 118 valence electrons. The van der Waals surface area contributed by atoms with Crippen molar-refractivity contribution in [2.45, 2.75) is 11.0 Å². The Morgan fingerprint density at radius 1 is 1.33 bits per heavy atom. The van der Waals surface area contributed by atoms with Crippen LogP contribution in [0.25, 0.3) is 0 Å². The monoisotopic (exact) mass is 334 g/mol. The second kappa shape index (κ2) is 7.42. The highest BCUT2D eigenvalue weighted by molar-refractivity contribution is 7.89. The van der Waals surface area contributed by atoms with E-state index in [1.165, 1.54) is 4.31 Å². The highest BCUT2D eigenvalue weighted by Crippen LogP contribution is 2.25. The Morgan fingerprint density at radius 2 is 2.00 bits per heavy atom. The second-order valence-corrected chi connectivity index (χ2v) is 6.92.